The van der Waals surface area contributed by atoms with Crippen LogP contribution in [0.2, 0.25) is 0 Å². The van der Waals surface area contributed by atoms with Gasteiger partial charge in [-0.2, -0.15) is 0 Å². The average Bonchev–Trinajstić information content (AvgIpc) is 3.08. The van der Waals surface area contributed by atoms with Gasteiger partial charge in [-0.1, -0.05) is 18.2 Å². The van der Waals surface area contributed by atoms with Gasteiger partial charge in [0.1, 0.15) is 0 Å². The summed E-state index contributed by atoms with van der Waals surface area (Å²) in [6.45, 7) is 1.95. The number of nitrogens with zero attached hydrogens (tertiary/aromatic N) is 3. The average molecular weight is 340 g/mol. The van der Waals surface area contributed by atoms with Crippen LogP contribution in [0.25, 0.3) is 10.9 Å². The highest BCUT2D eigenvalue weighted by Crippen LogP contribution is 2.28. The van der Waals surface area contributed by atoms with Gasteiger partial charge in [0.15, 0.2) is 5.13 Å². The zero-order chi connectivity index (χ0) is 16.7. The summed E-state index contributed by atoms with van der Waals surface area (Å²) in [6, 6.07) is 8.16. The van der Waals surface area contributed by atoms with Gasteiger partial charge in [-0.05, 0) is 18.7 Å². The zero-order valence-electron chi connectivity index (χ0n) is 13.9. The predicted octanol–water partition coefficient (Wildman–Crippen LogP) is 2.80. The number of hydrogen-bond acceptors (Lipinski definition) is 4. The minimum Gasteiger partial charge on any atom is -0.350 e. The molecule has 1 aliphatic heterocycles. The second-order valence-corrected chi connectivity index (χ2v) is 7.47. The molecule has 4 rings (SSSR count). The molecule has 3 aromatic rings. The number of hydrogen-bond donors (Lipinski definition) is 1. The molecule has 1 N–H and O–H groups in total. The van der Waals surface area contributed by atoms with E-state index in [4.69, 9.17) is 0 Å². The van der Waals surface area contributed by atoms with Crippen molar-refractivity contribution in [1.82, 2.24) is 14.5 Å². The highest BCUT2D eigenvalue weighted by molar-refractivity contribution is 7.15. The molecular formula is C18H20N4OS. The van der Waals surface area contributed by atoms with Gasteiger partial charge >= 0.3 is 0 Å². The maximum atomic E-state index is 12.4. The fourth-order valence-electron chi connectivity index (χ4n) is 3.28. The third-order valence-electron chi connectivity index (χ3n) is 4.50. The number of anilines is 1. The molecule has 5 nitrogen and oxygen atoms in total. The first kappa shape index (κ1) is 15.4. The van der Waals surface area contributed by atoms with E-state index >= 15 is 0 Å². The van der Waals surface area contributed by atoms with Gasteiger partial charge in [0.2, 0.25) is 5.91 Å². The Bertz CT molecular complexity index is 911. The predicted molar refractivity (Wildman–Crippen MR) is 97.4 cm³/mol. The van der Waals surface area contributed by atoms with E-state index in [0.29, 0.717) is 6.42 Å². The Labute approximate surface area is 144 Å². The van der Waals surface area contributed by atoms with E-state index in [0.717, 1.165) is 46.8 Å². The molecule has 0 atom stereocenters. The summed E-state index contributed by atoms with van der Waals surface area (Å²) in [6.07, 6.45) is 3.36. The van der Waals surface area contributed by atoms with Gasteiger partial charge in [-0.25, -0.2) is 4.98 Å². The Morgan fingerprint density at radius 1 is 1.33 bits per heavy atom. The first-order valence-electron chi connectivity index (χ1n) is 8.10. The molecule has 0 aliphatic carbocycles. The highest BCUT2D eigenvalue weighted by atomic mass is 32.1. The lowest BCUT2D eigenvalue weighted by molar-refractivity contribution is -0.115. The summed E-state index contributed by atoms with van der Waals surface area (Å²) < 4.78 is 2.07. The molecule has 1 amide bonds. The maximum Gasteiger partial charge on any atom is 0.230 e. The molecule has 0 spiro atoms. The summed E-state index contributed by atoms with van der Waals surface area (Å²) in [5, 5.41) is 4.83. The van der Waals surface area contributed by atoms with Gasteiger partial charge < -0.3 is 14.8 Å². The van der Waals surface area contributed by atoms with Crippen LogP contribution in [0.5, 0.6) is 0 Å². The van der Waals surface area contributed by atoms with E-state index in [9.17, 15) is 4.79 Å². The van der Waals surface area contributed by atoms with Gasteiger partial charge in [-0.15, -0.1) is 11.3 Å². The van der Waals surface area contributed by atoms with Crippen LogP contribution < -0.4 is 5.32 Å². The maximum absolute atomic E-state index is 12.4. The first-order chi connectivity index (χ1) is 11.6. The fraction of sp³-hybridized carbons (Fsp3) is 0.333. The molecule has 0 bridgehead atoms. The van der Waals surface area contributed by atoms with E-state index < -0.39 is 0 Å². The molecule has 0 saturated heterocycles. The van der Waals surface area contributed by atoms with Crippen LogP contribution in [-0.4, -0.2) is 34.0 Å². The fourth-order valence-corrected chi connectivity index (χ4v) is 4.38. The van der Waals surface area contributed by atoms with Crippen LogP contribution in [0.1, 0.15) is 16.1 Å². The number of benzene rings is 1. The molecule has 124 valence electrons. The second-order valence-electron chi connectivity index (χ2n) is 6.38. The molecular weight excluding hydrogens is 320 g/mol. The number of amides is 1. The lowest BCUT2D eigenvalue weighted by Crippen LogP contribution is -2.25. The lowest BCUT2D eigenvalue weighted by atomic mass is 10.1. The van der Waals surface area contributed by atoms with Gasteiger partial charge in [0.25, 0.3) is 0 Å². The molecule has 2 aromatic heterocycles. The Morgan fingerprint density at radius 2 is 2.17 bits per heavy atom. The van der Waals surface area contributed by atoms with Crippen LogP contribution in [0, 0.1) is 0 Å². The molecule has 24 heavy (non-hydrogen) atoms. The molecule has 0 radical (unpaired) electrons. The normalized spacial score (nSPS) is 14.8. The molecule has 1 aromatic carbocycles. The Hall–Kier alpha value is -2.18. The smallest absolute Gasteiger partial charge is 0.230 e. The number of aromatic nitrogens is 2. The minimum atomic E-state index is -0.00851. The highest BCUT2D eigenvalue weighted by Gasteiger charge is 2.19. The van der Waals surface area contributed by atoms with Crippen LogP contribution >= 0.6 is 11.3 Å². The van der Waals surface area contributed by atoms with Crippen molar-refractivity contribution in [2.45, 2.75) is 19.4 Å². The van der Waals surface area contributed by atoms with Crippen LogP contribution in [0.3, 0.4) is 0 Å². The standard InChI is InChI=1S/C18H20N4OS/c1-21-8-7-14-16(11-21)24-18(19-14)20-17(23)9-12-10-22(2)15-6-4-3-5-13(12)15/h3-6,10H,7-9,11H2,1-2H3,(H,19,20,23). The lowest BCUT2D eigenvalue weighted by Gasteiger charge is -2.20. The van der Waals surface area contributed by atoms with Crippen molar-refractivity contribution in [1.29, 1.82) is 0 Å². The number of aryl methyl sites for hydroxylation is 1. The van der Waals surface area contributed by atoms with Crippen molar-refractivity contribution < 1.29 is 4.79 Å². The Kier molecular flexibility index (Phi) is 3.86. The van der Waals surface area contributed by atoms with E-state index in [1.54, 1.807) is 11.3 Å². The summed E-state index contributed by atoms with van der Waals surface area (Å²) in [4.78, 5) is 20.6. The number of rotatable bonds is 3. The first-order valence-corrected chi connectivity index (χ1v) is 8.92. The molecule has 0 fully saturated rings. The summed E-state index contributed by atoms with van der Waals surface area (Å²) in [7, 11) is 4.12. The van der Waals surface area contributed by atoms with Gasteiger partial charge in [-0.3, -0.25) is 4.79 Å². The van der Waals surface area contributed by atoms with E-state index in [1.165, 1.54) is 4.88 Å². The molecule has 6 heteroatoms. The summed E-state index contributed by atoms with van der Waals surface area (Å²) in [5.41, 5.74) is 3.33. The van der Waals surface area contributed by atoms with Crippen molar-refractivity contribution in [2.24, 2.45) is 7.05 Å². The molecule has 0 unspecified atom stereocenters. The van der Waals surface area contributed by atoms with Crippen molar-refractivity contribution in [3.8, 4) is 0 Å². The van der Waals surface area contributed by atoms with Crippen molar-refractivity contribution in [3.63, 3.8) is 0 Å². The zero-order valence-corrected chi connectivity index (χ0v) is 14.7. The van der Waals surface area contributed by atoms with Crippen molar-refractivity contribution in [3.05, 3.63) is 46.6 Å². The van der Waals surface area contributed by atoms with Crippen molar-refractivity contribution >= 4 is 33.3 Å². The third kappa shape index (κ3) is 2.83. The Balaban J connectivity index is 1.51. The molecule has 3 heterocycles. The van der Waals surface area contributed by atoms with Crippen molar-refractivity contribution in [2.75, 3.05) is 18.9 Å². The van der Waals surface area contributed by atoms with Crippen LogP contribution in [0.4, 0.5) is 5.13 Å². The van der Waals surface area contributed by atoms with Gasteiger partial charge in [0, 0.05) is 48.5 Å². The van der Waals surface area contributed by atoms with Gasteiger partial charge in [0.05, 0.1) is 12.1 Å². The molecule has 0 saturated carbocycles. The number of carbonyl (C=O) groups excluding carboxylic acids is 1. The quantitative estimate of drug-likeness (QED) is 0.798. The third-order valence-corrected chi connectivity index (χ3v) is 5.50. The minimum absolute atomic E-state index is 0.00851. The number of nitrogens with one attached hydrogen (secondary N) is 1. The van der Waals surface area contributed by atoms with E-state index in [2.05, 4.69) is 38.9 Å². The number of likely N-dealkylation sites (N-methyl/N-ethyl adjacent to an activating group) is 1. The monoisotopic (exact) mass is 340 g/mol. The number of thiazole rings is 1. The Morgan fingerprint density at radius 3 is 3.04 bits per heavy atom. The topological polar surface area (TPSA) is 50.2 Å². The SMILES string of the molecule is CN1CCc2nc(NC(=O)Cc3cn(C)c4ccccc34)sc2C1. The summed E-state index contributed by atoms with van der Waals surface area (Å²) in [5.74, 6) is -0.00851. The van der Waals surface area contributed by atoms with E-state index in [-0.39, 0.29) is 5.91 Å². The van der Waals surface area contributed by atoms with E-state index in [1.807, 2.05) is 25.4 Å². The largest absolute Gasteiger partial charge is 0.350 e. The number of carbonyl (C=O) groups is 1. The van der Waals surface area contributed by atoms with Crippen LogP contribution in [-0.2, 0) is 31.2 Å². The molecule has 1 aliphatic rings. The number of fused-ring (bicyclic) bond motifs is 2. The summed E-state index contributed by atoms with van der Waals surface area (Å²) >= 11 is 1.60. The second kappa shape index (κ2) is 6.03. The van der Waals surface area contributed by atoms with Crippen LogP contribution in [0.15, 0.2) is 30.5 Å². The number of para-hydroxylation sites is 1.